The van der Waals surface area contributed by atoms with Crippen LogP contribution in [0.3, 0.4) is 0 Å². The molecule has 0 radical (unpaired) electrons. The topological polar surface area (TPSA) is 54.2 Å². The molecule has 0 saturated carbocycles. The van der Waals surface area contributed by atoms with Gasteiger partial charge in [-0.1, -0.05) is 42.5 Å². The van der Waals surface area contributed by atoms with Gasteiger partial charge in [-0.15, -0.1) is 0 Å². The summed E-state index contributed by atoms with van der Waals surface area (Å²) in [6, 6.07) is 16.8. The van der Waals surface area contributed by atoms with Gasteiger partial charge in [0.2, 0.25) is 0 Å². The van der Waals surface area contributed by atoms with E-state index >= 15 is 0 Å². The summed E-state index contributed by atoms with van der Waals surface area (Å²) in [4.78, 5) is 8.69. The predicted molar refractivity (Wildman–Crippen MR) is 106 cm³/mol. The van der Waals surface area contributed by atoms with Gasteiger partial charge in [0.05, 0.1) is 0 Å². The van der Waals surface area contributed by atoms with Gasteiger partial charge in [0.15, 0.2) is 5.96 Å². The van der Waals surface area contributed by atoms with Crippen LogP contribution in [-0.4, -0.2) is 29.1 Å². The molecule has 0 bridgehead atoms. The first-order chi connectivity index (χ1) is 13.2. The number of halogens is 1. The molecule has 0 atom stereocenters. The molecule has 0 aliphatic rings. The summed E-state index contributed by atoms with van der Waals surface area (Å²) in [7, 11) is 1.73. The first-order valence-electron chi connectivity index (χ1n) is 8.97. The van der Waals surface area contributed by atoms with Gasteiger partial charge in [0.25, 0.3) is 0 Å². The highest BCUT2D eigenvalue weighted by Crippen LogP contribution is 2.06. The average molecular weight is 365 g/mol. The summed E-state index contributed by atoms with van der Waals surface area (Å²) < 4.78 is 15.1. The first-order valence-corrected chi connectivity index (χ1v) is 8.97. The Morgan fingerprint density at radius 2 is 1.81 bits per heavy atom. The van der Waals surface area contributed by atoms with E-state index in [0.29, 0.717) is 12.5 Å². The number of nitrogens with zero attached hydrogens (tertiary/aromatic N) is 3. The van der Waals surface area contributed by atoms with Crippen LogP contribution >= 0.6 is 0 Å². The minimum absolute atomic E-state index is 0.229. The lowest BCUT2D eigenvalue weighted by atomic mass is 10.2. The monoisotopic (exact) mass is 365 g/mol. The second-order valence-electron chi connectivity index (χ2n) is 6.19. The smallest absolute Gasteiger partial charge is 0.191 e. The Kier molecular flexibility index (Phi) is 6.57. The van der Waals surface area contributed by atoms with E-state index in [1.165, 1.54) is 17.7 Å². The molecule has 0 unspecified atom stereocenters. The fourth-order valence-electron chi connectivity index (χ4n) is 2.79. The van der Waals surface area contributed by atoms with E-state index < -0.39 is 0 Å². The van der Waals surface area contributed by atoms with Crippen molar-refractivity contribution in [2.45, 2.75) is 19.5 Å². The Labute approximate surface area is 159 Å². The number of nitrogens with one attached hydrogen (secondary N) is 2. The van der Waals surface area contributed by atoms with Crippen molar-refractivity contribution in [1.82, 2.24) is 20.2 Å². The molecule has 2 N–H and O–H groups in total. The van der Waals surface area contributed by atoms with Crippen LogP contribution in [0.1, 0.15) is 17.0 Å². The molecule has 1 aromatic heterocycles. The first kappa shape index (κ1) is 18.6. The number of aromatic nitrogens is 2. The van der Waals surface area contributed by atoms with Gasteiger partial charge in [-0.3, -0.25) is 4.99 Å². The van der Waals surface area contributed by atoms with E-state index in [-0.39, 0.29) is 5.82 Å². The van der Waals surface area contributed by atoms with E-state index in [2.05, 4.69) is 37.3 Å². The SMILES string of the molecule is CN=C(NCCc1nccn1Cc1ccccc1)NCc1ccc(F)cc1. The fourth-order valence-corrected chi connectivity index (χ4v) is 2.79. The number of hydrogen-bond acceptors (Lipinski definition) is 2. The fraction of sp³-hybridized carbons (Fsp3) is 0.238. The third-order valence-corrected chi connectivity index (χ3v) is 4.24. The lowest BCUT2D eigenvalue weighted by Gasteiger charge is -2.13. The molecule has 0 fully saturated rings. The Balaban J connectivity index is 1.47. The number of rotatable bonds is 7. The summed E-state index contributed by atoms with van der Waals surface area (Å²) >= 11 is 0. The van der Waals surface area contributed by atoms with Gasteiger partial charge in [-0.2, -0.15) is 0 Å². The number of benzene rings is 2. The van der Waals surface area contributed by atoms with Crippen molar-refractivity contribution in [2.24, 2.45) is 4.99 Å². The van der Waals surface area contributed by atoms with Crippen molar-refractivity contribution in [3.8, 4) is 0 Å². The highest BCUT2D eigenvalue weighted by Gasteiger charge is 2.05. The van der Waals surface area contributed by atoms with Crippen LogP contribution in [0.15, 0.2) is 72.0 Å². The van der Waals surface area contributed by atoms with Gasteiger partial charge in [0.1, 0.15) is 11.6 Å². The van der Waals surface area contributed by atoms with Gasteiger partial charge >= 0.3 is 0 Å². The normalized spacial score (nSPS) is 11.4. The van der Waals surface area contributed by atoms with Crippen LogP contribution in [-0.2, 0) is 19.5 Å². The molecule has 3 aromatic rings. The Morgan fingerprint density at radius 3 is 2.56 bits per heavy atom. The van der Waals surface area contributed by atoms with E-state index in [1.807, 2.05) is 30.6 Å². The highest BCUT2D eigenvalue weighted by atomic mass is 19.1. The molecular weight excluding hydrogens is 341 g/mol. The van der Waals surface area contributed by atoms with E-state index in [1.54, 1.807) is 19.2 Å². The van der Waals surface area contributed by atoms with Crippen LogP contribution in [0, 0.1) is 5.82 Å². The summed E-state index contributed by atoms with van der Waals surface area (Å²) in [5.41, 5.74) is 2.25. The van der Waals surface area contributed by atoms with Crippen LogP contribution in [0.25, 0.3) is 0 Å². The molecule has 2 aromatic carbocycles. The molecular formula is C21H24FN5. The van der Waals surface area contributed by atoms with Gasteiger partial charge in [-0.05, 0) is 23.3 Å². The molecule has 0 aliphatic carbocycles. The molecule has 5 nitrogen and oxygen atoms in total. The second kappa shape index (κ2) is 9.52. The van der Waals surface area contributed by atoms with Crippen molar-refractivity contribution in [1.29, 1.82) is 0 Å². The van der Waals surface area contributed by atoms with Crippen LogP contribution in [0.4, 0.5) is 4.39 Å². The molecule has 6 heteroatoms. The molecule has 27 heavy (non-hydrogen) atoms. The maximum Gasteiger partial charge on any atom is 0.191 e. The maximum absolute atomic E-state index is 13.0. The van der Waals surface area contributed by atoms with Gasteiger partial charge in [0, 0.05) is 45.5 Å². The zero-order chi connectivity index (χ0) is 18.9. The van der Waals surface area contributed by atoms with Crippen molar-refractivity contribution in [3.05, 3.63) is 89.8 Å². The van der Waals surface area contributed by atoms with Crippen molar-refractivity contribution in [3.63, 3.8) is 0 Å². The number of guanidine groups is 1. The zero-order valence-electron chi connectivity index (χ0n) is 15.4. The van der Waals surface area contributed by atoms with Gasteiger partial charge in [-0.25, -0.2) is 9.37 Å². The lowest BCUT2D eigenvalue weighted by molar-refractivity contribution is 0.626. The minimum Gasteiger partial charge on any atom is -0.356 e. The molecule has 0 amide bonds. The quantitative estimate of drug-likeness (QED) is 0.500. The van der Waals surface area contributed by atoms with E-state index in [4.69, 9.17) is 0 Å². The van der Waals surface area contributed by atoms with Crippen molar-refractivity contribution >= 4 is 5.96 Å². The number of aliphatic imine (C=N–C) groups is 1. The van der Waals surface area contributed by atoms with Crippen LogP contribution in [0.2, 0.25) is 0 Å². The molecule has 3 rings (SSSR count). The number of imidazole rings is 1. The molecule has 0 spiro atoms. The summed E-state index contributed by atoms with van der Waals surface area (Å²) in [5.74, 6) is 1.51. The molecule has 0 aliphatic heterocycles. The predicted octanol–water partition coefficient (Wildman–Crippen LogP) is 2.98. The Bertz CT molecular complexity index is 856. The maximum atomic E-state index is 13.0. The van der Waals surface area contributed by atoms with Gasteiger partial charge < -0.3 is 15.2 Å². The van der Waals surface area contributed by atoms with Crippen LogP contribution < -0.4 is 10.6 Å². The Morgan fingerprint density at radius 1 is 1.04 bits per heavy atom. The standard InChI is InChI=1S/C21H24FN5/c1-23-21(26-15-17-7-9-19(22)10-8-17)25-12-11-20-24-13-14-27(20)16-18-5-3-2-4-6-18/h2-10,13-14H,11-12,15-16H2,1H3,(H2,23,25,26). The second-order valence-corrected chi connectivity index (χ2v) is 6.19. The third-order valence-electron chi connectivity index (χ3n) is 4.24. The summed E-state index contributed by atoms with van der Waals surface area (Å²) in [6.07, 6.45) is 4.63. The van der Waals surface area contributed by atoms with Crippen molar-refractivity contribution < 1.29 is 4.39 Å². The van der Waals surface area contributed by atoms with E-state index in [9.17, 15) is 4.39 Å². The summed E-state index contributed by atoms with van der Waals surface area (Å²) in [5, 5.41) is 6.52. The zero-order valence-corrected chi connectivity index (χ0v) is 15.4. The Hall–Kier alpha value is -3.15. The van der Waals surface area contributed by atoms with Crippen LogP contribution in [0.5, 0.6) is 0 Å². The number of hydrogen-bond donors (Lipinski definition) is 2. The molecule has 1 heterocycles. The van der Waals surface area contributed by atoms with E-state index in [0.717, 1.165) is 30.9 Å². The minimum atomic E-state index is -0.229. The highest BCUT2D eigenvalue weighted by molar-refractivity contribution is 5.79. The molecule has 0 saturated heterocycles. The van der Waals surface area contributed by atoms with Crippen molar-refractivity contribution in [2.75, 3.05) is 13.6 Å². The third kappa shape index (κ3) is 5.67. The lowest BCUT2D eigenvalue weighted by Crippen LogP contribution is -2.38. The summed E-state index contributed by atoms with van der Waals surface area (Å²) in [6.45, 7) is 2.12. The molecule has 140 valence electrons. The average Bonchev–Trinajstić information content (AvgIpc) is 3.13. The largest absolute Gasteiger partial charge is 0.356 e.